The van der Waals surface area contributed by atoms with Gasteiger partial charge >= 0.3 is 0 Å². The molecule has 4 rings (SSSR count). The predicted molar refractivity (Wildman–Crippen MR) is 101 cm³/mol. The Hall–Kier alpha value is -2.82. The number of nitrogens with one attached hydrogen (secondary N) is 2. The van der Waals surface area contributed by atoms with Crippen molar-refractivity contribution in [2.45, 2.75) is 31.6 Å². The molecule has 1 aliphatic heterocycles. The van der Waals surface area contributed by atoms with Crippen molar-refractivity contribution in [1.82, 2.24) is 15.3 Å². The standard InChI is InChI=1S/C21H23N3O2/c25-21(14-15-11-13-26-19-9-4-1-6-16(15)19)22-12-5-10-20-23-17-7-2-3-8-18(17)24-20/h1-4,6-9,15H,5,10-14H2,(H,22,25)(H,23,24)/t15-/m0/s1. The summed E-state index contributed by atoms with van der Waals surface area (Å²) in [4.78, 5) is 20.2. The molecule has 0 unspecified atom stereocenters. The van der Waals surface area contributed by atoms with Crippen LogP contribution in [0.4, 0.5) is 0 Å². The van der Waals surface area contributed by atoms with Crippen molar-refractivity contribution in [3.8, 4) is 5.75 Å². The molecule has 0 bridgehead atoms. The predicted octanol–water partition coefficient (Wildman–Crippen LogP) is 3.57. The second-order valence-corrected chi connectivity index (χ2v) is 6.73. The maximum Gasteiger partial charge on any atom is 0.220 e. The largest absolute Gasteiger partial charge is 0.493 e. The number of benzene rings is 2. The average molecular weight is 349 g/mol. The molecule has 0 fully saturated rings. The van der Waals surface area contributed by atoms with Crippen LogP contribution >= 0.6 is 0 Å². The summed E-state index contributed by atoms with van der Waals surface area (Å²) in [6.45, 7) is 1.35. The lowest BCUT2D eigenvalue weighted by molar-refractivity contribution is -0.121. The molecular formula is C21H23N3O2. The highest BCUT2D eigenvalue weighted by Gasteiger charge is 2.23. The Morgan fingerprint density at radius 1 is 1.19 bits per heavy atom. The monoisotopic (exact) mass is 349 g/mol. The Balaban J connectivity index is 1.24. The zero-order valence-corrected chi connectivity index (χ0v) is 14.7. The first-order valence-corrected chi connectivity index (χ1v) is 9.21. The lowest BCUT2D eigenvalue weighted by Crippen LogP contribution is -2.28. The smallest absolute Gasteiger partial charge is 0.220 e. The number of fused-ring (bicyclic) bond motifs is 2. The second-order valence-electron chi connectivity index (χ2n) is 6.73. The number of nitrogens with zero attached hydrogens (tertiary/aromatic N) is 1. The van der Waals surface area contributed by atoms with Gasteiger partial charge in [-0.2, -0.15) is 0 Å². The third kappa shape index (κ3) is 3.72. The van der Waals surface area contributed by atoms with Gasteiger partial charge in [0.05, 0.1) is 17.6 Å². The Morgan fingerprint density at radius 3 is 2.96 bits per heavy atom. The van der Waals surface area contributed by atoms with E-state index in [1.807, 2.05) is 42.5 Å². The Labute approximate surface area is 152 Å². The van der Waals surface area contributed by atoms with E-state index in [0.717, 1.165) is 47.4 Å². The summed E-state index contributed by atoms with van der Waals surface area (Å²) in [7, 11) is 0. The fraction of sp³-hybridized carbons (Fsp3) is 0.333. The number of carbonyl (C=O) groups excluding carboxylic acids is 1. The molecule has 2 aromatic carbocycles. The highest BCUT2D eigenvalue weighted by atomic mass is 16.5. The first-order valence-electron chi connectivity index (χ1n) is 9.21. The summed E-state index contributed by atoms with van der Waals surface area (Å²) in [6.07, 6.45) is 3.11. The third-order valence-corrected chi connectivity index (χ3v) is 4.87. The maximum absolute atomic E-state index is 12.3. The Kier molecular flexibility index (Phi) is 4.86. The summed E-state index contributed by atoms with van der Waals surface area (Å²) in [5.74, 6) is 2.24. The third-order valence-electron chi connectivity index (χ3n) is 4.87. The molecule has 2 heterocycles. The van der Waals surface area contributed by atoms with Crippen molar-refractivity contribution < 1.29 is 9.53 Å². The van der Waals surface area contributed by atoms with E-state index in [1.165, 1.54) is 0 Å². The van der Waals surface area contributed by atoms with E-state index >= 15 is 0 Å². The molecule has 1 aromatic heterocycles. The maximum atomic E-state index is 12.3. The number of imidazole rings is 1. The Bertz CT molecular complexity index is 870. The molecule has 0 spiro atoms. The van der Waals surface area contributed by atoms with Gasteiger partial charge < -0.3 is 15.0 Å². The van der Waals surface area contributed by atoms with Gasteiger partial charge in [0.1, 0.15) is 11.6 Å². The number of aromatic amines is 1. The van der Waals surface area contributed by atoms with Gasteiger partial charge in [-0.3, -0.25) is 4.79 Å². The van der Waals surface area contributed by atoms with Crippen molar-refractivity contribution in [2.24, 2.45) is 0 Å². The van der Waals surface area contributed by atoms with Gasteiger partial charge in [-0.05, 0) is 42.5 Å². The first kappa shape index (κ1) is 16.6. The fourth-order valence-electron chi connectivity index (χ4n) is 3.53. The van der Waals surface area contributed by atoms with Crippen LogP contribution in [0, 0.1) is 0 Å². The van der Waals surface area contributed by atoms with Crippen LogP contribution in [0.1, 0.15) is 36.6 Å². The van der Waals surface area contributed by atoms with E-state index < -0.39 is 0 Å². The molecule has 1 atom stereocenters. The molecule has 3 aromatic rings. The normalized spacial score (nSPS) is 16.1. The zero-order valence-electron chi connectivity index (χ0n) is 14.7. The molecule has 5 nitrogen and oxygen atoms in total. The van der Waals surface area contributed by atoms with E-state index in [4.69, 9.17) is 4.74 Å². The van der Waals surface area contributed by atoms with Crippen LogP contribution in [0.2, 0.25) is 0 Å². The van der Waals surface area contributed by atoms with Crippen LogP contribution in [0.3, 0.4) is 0 Å². The number of amides is 1. The number of rotatable bonds is 6. The number of aromatic nitrogens is 2. The number of hydrogen-bond donors (Lipinski definition) is 2. The molecule has 2 N–H and O–H groups in total. The molecule has 26 heavy (non-hydrogen) atoms. The molecule has 1 amide bonds. The van der Waals surface area contributed by atoms with Crippen LogP contribution in [-0.4, -0.2) is 29.0 Å². The summed E-state index contributed by atoms with van der Waals surface area (Å²) in [6, 6.07) is 16.0. The lowest BCUT2D eigenvalue weighted by atomic mass is 9.90. The van der Waals surface area contributed by atoms with E-state index in [1.54, 1.807) is 0 Å². The molecule has 134 valence electrons. The van der Waals surface area contributed by atoms with Gasteiger partial charge in [-0.1, -0.05) is 30.3 Å². The van der Waals surface area contributed by atoms with Crippen LogP contribution in [0.15, 0.2) is 48.5 Å². The van der Waals surface area contributed by atoms with E-state index in [2.05, 4.69) is 21.4 Å². The SMILES string of the molecule is O=C(C[C@@H]1CCOc2ccccc21)NCCCc1nc2ccccc2[nH]1. The molecule has 1 aliphatic rings. The van der Waals surface area contributed by atoms with Crippen molar-refractivity contribution in [3.05, 3.63) is 59.9 Å². The van der Waals surface area contributed by atoms with Gasteiger partial charge in [-0.15, -0.1) is 0 Å². The van der Waals surface area contributed by atoms with Crippen LogP contribution < -0.4 is 10.1 Å². The lowest BCUT2D eigenvalue weighted by Gasteiger charge is -2.25. The molecule has 0 radical (unpaired) electrons. The van der Waals surface area contributed by atoms with Crippen LogP contribution in [0.5, 0.6) is 5.75 Å². The number of H-pyrrole nitrogens is 1. The summed E-state index contributed by atoms with van der Waals surface area (Å²) in [5.41, 5.74) is 3.20. The topological polar surface area (TPSA) is 67.0 Å². The zero-order chi connectivity index (χ0) is 17.8. The van der Waals surface area contributed by atoms with Crippen LogP contribution in [-0.2, 0) is 11.2 Å². The highest BCUT2D eigenvalue weighted by molar-refractivity contribution is 5.77. The van der Waals surface area contributed by atoms with E-state index in [-0.39, 0.29) is 11.8 Å². The molecule has 0 aliphatic carbocycles. The number of hydrogen-bond acceptors (Lipinski definition) is 3. The van der Waals surface area contributed by atoms with Crippen molar-refractivity contribution in [3.63, 3.8) is 0 Å². The minimum absolute atomic E-state index is 0.108. The van der Waals surface area contributed by atoms with Gasteiger partial charge in [-0.25, -0.2) is 4.98 Å². The summed E-state index contributed by atoms with van der Waals surface area (Å²) >= 11 is 0. The first-order chi connectivity index (χ1) is 12.8. The van der Waals surface area contributed by atoms with Gasteiger partial charge in [0.25, 0.3) is 0 Å². The number of carbonyl (C=O) groups is 1. The number of para-hydroxylation sites is 3. The number of aryl methyl sites for hydroxylation is 1. The van der Waals surface area contributed by atoms with Crippen LogP contribution in [0.25, 0.3) is 11.0 Å². The molecular weight excluding hydrogens is 326 g/mol. The van der Waals surface area contributed by atoms with Gasteiger partial charge in [0, 0.05) is 19.4 Å². The van der Waals surface area contributed by atoms with Crippen molar-refractivity contribution in [2.75, 3.05) is 13.2 Å². The van der Waals surface area contributed by atoms with Crippen molar-refractivity contribution >= 4 is 16.9 Å². The molecule has 5 heteroatoms. The van der Waals surface area contributed by atoms with Crippen molar-refractivity contribution in [1.29, 1.82) is 0 Å². The minimum atomic E-state index is 0.108. The fourth-order valence-corrected chi connectivity index (χ4v) is 3.53. The van der Waals surface area contributed by atoms with Gasteiger partial charge in [0.15, 0.2) is 0 Å². The quantitative estimate of drug-likeness (QED) is 0.669. The second kappa shape index (κ2) is 7.60. The van der Waals surface area contributed by atoms with E-state index in [0.29, 0.717) is 19.6 Å². The number of ether oxygens (including phenoxy) is 1. The molecule has 0 saturated carbocycles. The average Bonchev–Trinajstić information content (AvgIpc) is 3.08. The van der Waals surface area contributed by atoms with Gasteiger partial charge in [0.2, 0.25) is 5.91 Å². The summed E-state index contributed by atoms with van der Waals surface area (Å²) in [5, 5.41) is 3.04. The highest BCUT2D eigenvalue weighted by Crippen LogP contribution is 2.35. The summed E-state index contributed by atoms with van der Waals surface area (Å²) < 4.78 is 5.67. The Morgan fingerprint density at radius 2 is 2.04 bits per heavy atom. The minimum Gasteiger partial charge on any atom is -0.493 e. The molecule has 0 saturated heterocycles. The van der Waals surface area contributed by atoms with E-state index in [9.17, 15) is 4.79 Å².